The predicted octanol–water partition coefficient (Wildman–Crippen LogP) is 5.11. The second kappa shape index (κ2) is 8.11. The smallest absolute Gasteiger partial charge is 0.338 e. The topological polar surface area (TPSA) is 57.0 Å². The van der Waals surface area contributed by atoms with Crippen molar-refractivity contribution in [2.24, 2.45) is 0 Å². The van der Waals surface area contributed by atoms with Gasteiger partial charge < -0.3 is 9.30 Å². The Bertz CT molecular complexity index is 1220. The maximum atomic E-state index is 12.1. The number of ether oxygens (including phenoxy) is 1. The third kappa shape index (κ3) is 3.59. The molecule has 0 N–H and O–H groups in total. The van der Waals surface area contributed by atoms with Gasteiger partial charge in [0.05, 0.1) is 19.2 Å². The summed E-state index contributed by atoms with van der Waals surface area (Å²) in [5.74, 6) is 0.704. The first-order chi connectivity index (χ1) is 14.5. The number of benzene rings is 2. The minimum absolute atomic E-state index is 0.330. The minimum Gasteiger partial charge on any atom is -0.465 e. The van der Waals surface area contributed by atoms with Crippen molar-refractivity contribution in [2.75, 3.05) is 7.11 Å². The molecule has 4 rings (SSSR count). The molecule has 30 heavy (non-hydrogen) atoms. The van der Waals surface area contributed by atoms with Crippen molar-refractivity contribution in [3.63, 3.8) is 0 Å². The second-order valence-electron chi connectivity index (χ2n) is 7.45. The highest BCUT2D eigenvalue weighted by Crippen LogP contribution is 2.26. The van der Waals surface area contributed by atoms with Crippen LogP contribution in [0.4, 0.5) is 0 Å². The molecule has 2 aromatic carbocycles. The van der Waals surface area contributed by atoms with Crippen LogP contribution in [0.15, 0.2) is 54.6 Å². The summed E-state index contributed by atoms with van der Waals surface area (Å²) in [4.78, 5) is 21.7. The molecule has 0 fully saturated rings. The van der Waals surface area contributed by atoms with Gasteiger partial charge in [-0.1, -0.05) is 49.4 Å². The Morgan fingerprint density at radius 3 is 2.47 bits per heavy atom. The number of aromatic nitrogens is 3. The quantitative estimate of drug-likeness (QED) is 0.438. The molecule has 0 aliphatic heterocycles. The highest BCUT2D eigenvalue weighted by molar-refractivity contribution is 5.97. The van der Waals surface area contributed by atoms with Crippen LogP contribution in [-0.2, 0) is 17.7 Å². The van der Waals surface area contributed by atoms with Gasteiger partial charge in [-0.25, -0.2) is 14.8 Å². The van der Waals surface area contributed by atoms with E-state index in [1.54, 1.807) is 6.07 Å². The van der Waals surface area contributed by atoms with E-state index in [1.165, 1.54) is 7.11 Å². The second-order valence-corrected chi connectivity index (χ2v) is 7.45. The molecule has 5 nitrogen and oxygen atoms in total. The molecular weight excluding hydrogens is 374 g/mol. The Morgan fingerprint density at radius 2 is 1.77 bits per heavy atom. The van der Waals surface area contributed by atoms with Crippen LogP contribution in [0.3, 0.4) is 0 Å². The molecule has 0 aliphatic carbocycles. The van der Waals surface area contributed by atoms with Gasteiger partial charge in [0, 0.05) is 12.1 Å². The number of rotatable bonds is 5. The summed E-state index contributed by atoms with van der Waals surface area (Å²) in [5, 5.41) is 0. The standard InChI is InChI=1S/C25H25N3O2/c1-5-22-27-23-16(2)14-17(3)26-24(23)28(22)15-18-10-12-19(13-11-18)20-8-6-7-9-21(20)25(29)30-4/h6-14H,5,15H2,1-4H3. The van der Waals surface area contributed by atoms with E-state index in [4.69, 9.17) is 14.7 Å². The highest BCUT2D eigenvalue weighted by Gasteiger charge is 2.15. The Balaban J connectivity index is 1.70. The first-order valence-electron chi connectivity index (χ1n) is 10.1. The Labute approximate surface area is 176 Å². The number of nitrogens with zero attached hydrogens (tertiary/aromatic N) is 3. The van der Waals surface area contributed by atoms with E-state index < -0.39 is 0 Å². The number of esters is 1. The molecule has 0 saturated heterocycles. The largest absolute Gasteiger partial charge is 0.465 e. The molecule has 2 aromatic heterocycles. The molecule has 5 heteroatoms. The lowest BCUT2D eigenvalue weighted by Gasteiger charge is -2.11. The first-order valence-corrected chi connectivity index (χ1v) is 10.1. The number of carbonyl (C=O) groups excluding carboxylic acids is 1. The predicted molar refractivity (Wildman–Crippen MR) is 119 cm³/mol. The van der Waals surface area contributed by atoms with Crippen LogP contribution in [0.2, 0.25) is 0 Å². The van der Waals surface area contributed by atoms with Crippen LogP contribution >= 0.6 is 0 Å². The summed E-state index contributed by atoms with van der Waals surface area (Å²) in [5.41, 5.74) is 7.63. The number of fused-ring (bicyclic) bond motifs is 1. The average Bonchev–Trinajstić information content (AvgIpc) is 3.11. The number of carbonyl (C=O) groups is 1. The fourth-order valence-corrected chi connectivity index (χ4v) is 3.88. The van der Waals surface area contributed by atoms with Crippen LogP contribution in [-0.4, -0.2) is 27.6 Å². The zero-order chi connectivity index (χ0) is 21.3. The van der Waals surface area contributed by atoms with Crippen molar-refractivity contribution >= 4 is 17.1 Å². The summed E-state index contributed by atoms with van der Waals surface area (Å²) < 4.78 is 7.12. The fraction of sp³-hybridized carbons (Fsp3) is 0.240. The van der Waals surface area contributed by atoms with Gasteiger partial charge in [0.25, 0.3) is 0 Å². The van der Waals surface area contributed by atoms with Crippen molar-refractivity contribution in [1.82, 2.24) is 14.5 Å². The molecular formula is C25H25N3O2. The Morgan fingerprint density at radius 1 is 1.03 bits per heavy atom. The van der Waals surface area contributed by atoms with Gasteiger partial charge in [0.2, 0.25) is 0 Å². The summed E-state index contributed by atoms with van der Waals surface area (Å²) in [7, 11) is 1.40. The van der Waals surface area contributed by atoms with Crippen molar-refractivity contribution < 1.29 is 9.53 Å². The Hall–Kier alpha value is -3.47. The molecule has 0 bridgehead atoms. The minimum atomic E-state index is -0.330. The van der Waals surface area contributed by atoms with Crippen molar-refractivity contribution in [3.8, 4) is 11.1 Å². The molecule has 152 valence electrons. The summed E-state index contributed by atoms with van der Waals surface area (Å²) in [6.07, 6.45) is 0.847. The molecule has 0 saturated carbocycles. The number of pyridine rings is 1. The summed E-state index contributed by atoms with van der Waals surface area (Å²) in [6.45, 7) is 6.92. The first kappa shape index (κ1) is 19.8. The molecule has 0 atom stereocenters. The summed E-state index contributed by atoms with van der Waals surface area (Å²) >= 11 is 0. The molecule has 0 spiro atoms. The van der Waals surface area contributed by atoms with E-state index in [-0.39, 0.29) is 5.97 Å². The number of imidazole rings is 1. The maximum absolute atomic E-state index is 12.1. The molecule has 4 aromatic rings. The highest BCUT2D eigenvalue weighted by atomic mass is 16.5. The zero-order valence-electron chi connectivity index (χ0n) is 17.8. The normalized spacial score (nSPS) is 11.1. The molecule has 0 radical (unpaired) electrons. The van der Waals surface area contributed by atoms with E-state index in [0.717, 1.165) is 51.4 Å². The third-order valence-electron chi connectivity index (χ3n) is 5.36. The van der Waals surface area contributed by atoms with Crippen LogP contribution in [0.5, 0.6) is 0 Å². The average molecular weight is 399 g/mol. The lowest BCUT2D eigenvalue weighted by Crippen LogP contribution is -2.06. The van der Waals surface area contributed by atoms with Crippen LogP contribution < -0.4 is 0 Å². The van der Waals surface area contributed by atoms with Gasteiger partial charge in [-0.15, -0.1) is 0 Å². The van der Waals surface area contributed by atoms with Gasteiger partial charge in [0.1, 0.15) is 11.3 Å². The van der Waals surface area contributed by atoms with Crippen LogP contribution in [0.25, 0.3) is 22.3 Å². The van der Waals surface area contributed by atoms with Gasteiger partial charge in [-0.05, 0) is 48.2 Å². The van der Waals surface area contributed by atoms with E-state index in [0.29, 0.717) is 12.1 Å². The zero-order valence-corrected chi connectivity index (χ0v) is 17.8. The third-order valence-corrected chi connectivity index (χ3v) is 5.36. The van der Waals surface area contributed by atoms with Crippen molar-refractivity contribution in [3.05, 3.63) is 82.8 Å². The van der Waals surface area contributed by atoms with Gasteiger partial charge in [0.15, 0.2) is 5.65 Å². The van der Waals surface area contributed by atoms with Crippen LogP contribution in [0.1, 0.15) is 39.9 Å². The van der Waals surface area contributed by atoms with Gasteiger partial charge >= 0.3 is 5.97 Å². The fourth-order valence-electron chi connectivity index (χ4n) is 3.88. The monoisotopic (exact) mass is 399 g/mol. The summed E-state index contributed by atoms with van der Waals surface area (Å²) in [6, 6.07) is 17.9. The van der Waals surface area contributed by atoms with Crippen molar-refractivity contribution in [1.29, 1.82) is 0 Å². The van der Waals surface area contributed by atoms with Gasteiger partial charge in [-0.3, -0.25) is 0 Å². The number of aryl methyl sites for hydroxylation is 3. The number of methoxy groups -OCH3 is 1. The Kier molecular flexibility index (Phi) is 5.36. The molecule has 0 unspecified atom stereocenters. The number of hydrogen-bond acceptors (Lipinski definition) is 4. The molecule has 0 aliphatic rings. The van der Waals surface area contributed by atoms with E-state index in [9.17, 15) is 4.79 Å². The maximum Gasteiger partial charge on any atom is 0.338 e. The molecule has 0 amide bonds. The SMILES string of the molecule is CCc1nc2c(C)cc(C)nc2n1Cc1ccc(-c2ccccc2C(=O)OC)cc1. The van der Waals surface area contributed by atoms with Gasteiger partial charge in [-0.2, -0.15) is 0 Å². The number of hydrogen-bond donors (Lipinski definition) is 0. The lowest BCUT2D eigenvalue weighted by atomic mass is 9.98. The van der Waals surface area contributed by atoms with E-state index >= 15 is 0 Å². The van der Waals surface area contributed by atoms with Crippen LogP contribution in [0, 0.1) is 13.8 Å². The lowest BCUT2D eigenvalue weighted by molar-refractivity contribution is 0.0601. The van der Waals surface area contributed by atoms with E-state index in [1.807, 2.05) is 37.3 Å². The molecule has 2 heterocycles. The van der Waals surface area contributed by atoms with E-state index in [2.05, 4.69) is 36.6 Å². The van der Waals surface area contributed by atoms with Crippen molar-refractivity contribution in [2.45, 2.75) is 33.7 Å².